The van der Waals surface area contributed by atoms with Gasteiger partial charge in [0.15, 0.2) is 0 Å². The lowest BCUT2D eigenvalue weighted by Gasteiger charge is -2.59. The molecule has 0 aliphatic heterocycles. The maximum absolute atomic E-state index is 13.1. The first-order valence-corrected chi connectivity index (χ1v) is 13.0. The molecule has 6 rings (SSSR count). The summed E-state index contributed by atoms with van der Waals surface area (Å²) in [7, 11) is 2.14. The van der Waals surface area contributed by atoms with E-state index in [9.17, 15) is 9.59 Å². The van der Waals surface area contributed by atoms with Gasteiger partial charge < -0.3 is 10.1 Å². The number of thiophene rings is 1. The van der Waals surface area contributed by atoms with E-state index < -0.39 is 0 Å². The molecule has 0 aromatic carbocycles. The van der Waals surface area contributed by atoms with Gasteiger partial charge in [-0.3, -0.25) is 9.69 Å². The van der Waals surface area contributed by atoms with Crippen LogP contribution in [-0.4, -0.2) is 42.0 Å². The highest BCUT2D eigenvalue weighted by atomic mass is 32.1. The molecule has 1 heterocycles. The maximum atomic E-state index is 13.1. The van der Waals surface area contributed by atoms with E-state index in [1.807, 2.05) is 13.8 Å². The molecule has 6 heteroatoms. The zero-order chi connectivity index (χ0) is 21.8. The van der Waals surface area contributed by atoms with Crippen molar-refractivity contribution in [3.05, 3.63) is 16.0 Å². The largest absolute Gasteiger partial charge is 0.459 e. The van der Waals surface area contributed by atoms with Crippen LogP contribution < -0.4 is 5.32 Å². The third kappa shape index (κ3) is 4.06. The normalized spacial score (nSPS) is 31.2. The third-order valence-electron chi connectivity index (χ3n) is 8.17. The summed E-state index contributed by atoms with van der Waals surface area (Å²) >= 11 is 1.58. The summed E-state index contributed by atoms with van der Waals surface area (Å²) in [6.07, 6.45) is 11.9. The molecule has 1 N–H and O–H groups in total. The summed E-state index contributed by atoms with van der Waals surface area (Å²) < 4.78 is 5.53. The van der Waals surface area contributed by atoms with Crippen LogP contribution in [0.25, 0.3) is 0 Å². The molecule has 1 aromatic rings. The molecule has 0 atom stereocenters. The van der Waals surface area contributed by atoms with Gasteiger partial charge in [0.1, 0.15) is 5.00 Å². The Labute approximate surface area is 189 Å². The van der Waals surface area contributed by atoms with Crippen LogP contribution in [0.4, 0.5) is 5.00 Å². The molecule has 4 saturated carbocycles. The number of aryl methyl sites for hydroxylation is 1. The minimum Gasteiger partial charge on any atom is -0.459 e. The monoisotopic (exact) mass is 444 g/mol. The zero-order valence-corrected chi connectivity index (χ0v) is 20.0. The highest BCUT2D eigenvalue weighted by Gasteiger charge is 2.52. The van der Waals surface area contributed by atoms with Gasteiger partial charge in [-0.1, -0.05) is 0 Å². The Morgan fingerprint density at radius 2 is 1.71 bits per heavy atom. The van der Waals surface area contributed by atoms with Gasteiger partial charge in [0.2, 0.25) is 5.91 Å². The number of hydrogen-bond acceptors (Lipinski definition) is 5. The molecule has 5 aliphatic carbocycles. The summed E-state index contributed by atoms with van der Waals surface area (Å²) in [5, 5.41) is 3.82. The Kier molecular flexibility index (Phi) is 5.66. The summed E-state index contributed by atoms with van der Waals surface area (Å²) in [6, 6.07) is 0. The number of nitrogens with one attached hydrogen (secondary N) is 1. The van der Waals surface area contributed by atoms with Crippen LogP contribution >= 0.6 is 11.3 Å². The minimum atomic E-state index is -0.292. The standard InChI is InChI=1S/C25H36N2O3S/c1-15(2)30-24(29)22-19-6-4-5-7-20(19)31-23(22)26-21(28)14-27(3)25-11-16-8-17(12-25)10-18(9-16)13-25/h15-18H,4-14H2,1-3H3,(H,26,28). The first-order chi connectivity index (χ1) is 14.8. The quantitative estimate of drug-likeness (QED) is 0.625. The van der Waals surface area contributed by atoms with E-state index in [2.05, 4.69) is 17.3 Å². The lowest BCUT2D eigenvalue weighted by Crippen LogP contribution is -2.59. The molecule has 0 saturated heterocycles. The molecule has 31 heavy (non-hydrogen) atoms. The van der Waals surface area contributed by atoms with Crippen molar-refractivity contribution in [1.29, 1.82) is 0 Å². The second-order valence-electron chi connectivity index (χ2n) is 10.9. The predicted octanol–water partition coefficient (Wildman–Crippen LogP) is 5.03. The van der Waals surface area contributed by atoms with Crippen molar-refractivity contribution in [3.8, 4) is 0 Å². The Morgan fingerprint density at radius 3 is 2.32 bits per heavy atom. The van der Waals surface area contributed by atoms with Crippen LogP contribution in [-0.2, 0) is 22.4 Å². The van der Waals surface area contributed by atoms with E-state index in [1.54, 1.807) is 11.3 Å². The molecule has 1 aromatic heterocycles. The average molecular weight is 445 g/mol. The highest BCUT2D eigenvalue weighted by molar-refractivity contribution is 7.17. The predicted molar refractivity (Wildman–Crippen MR) is 124 cm³/mol. The fraction of sp³-hybridized carbons (Fsp3) is 0.760. The summed E-state index contributed by atoms with van der Waals surface area (Å²) in [5.41, 5.74) is 1.92. The van der Waals surface area contributed by atoms with Crippen LogP contribution in [0.5, 0.6) is 0 Å². The van der Waals surface area contributed by atoms with E-state index in [0.29, 0.717) is 17.1 Å². The zero-order valence-electron chi connectivity index (χ0n) is 19.2. The number of fused-ring (bicyclic) bond motifs is 1. The number of esters is 1. The van der Waals surface area contributed by atoms with Crippen molar-refractivity contribution < 1.29 is 14.3 Å². The maximum Gasteiger partial charge on any atom is 0.341 e. The molecule has 4 fully saturated rings. The third-order valence-corrected chi connectivity index (χ3v) is 9.37. The number of anilines is 1. The van der Waals surface area contributed by atoms with Gasteiger partial charge in [-0.05, 0) is 108 Å². The minimum absolute atomic E-state index is 0.00422. The van der Waals surface area contributed by atoms with E-state index in [0.717, 1.165) is 49.0 Å². The summed E-state index contributed by atoms with van der Waals surface area (Å²) in [4.78, 5) is 29.6. The number of likely N-dealkylation sites (N-methyl/N-ethyl adjacent to an activating group) is 1. The number of ether oxygens (including phenoxy) is 1. The average Bonchev–Trinajstić information content (AvgIpc) is 3.04. The molecule has 4 bridgehead atoms. The van der Waals surface area contributed by atoms with Crippen LogP contribution in [0.15, 0.2) is 0 Å². The molecular formula is C25H36N2O3S. The first-order valence-electron chi connectivity index (χ1n) is 12.2. The van der Waals surface area contributed by atoms with Gasteiger partial charge in [0.05, 0.1) is 18.2 Å². The van der Waals surface area contributed by atoms with Gasteiger partial charge in [-0.15, -0.1) is 11.3 Å². The van der Waals surface area contributed by atoms with Crippen molar-refractivity contribution in [2.24, 2.45) is 17.8 Å². The topological polar surface area (TPSA) is 58.6 Å². The lowest BCUT2D eigenvalue weighted by molar-refractivity contribution is -0.123. The van der Waals surface area contributed by atoms with Crippen molar-refractivity contribution in [2.75, 3.05) is 18.9 Å². The van der Waals surface area contributed by atoms with Gasteiger partial charge in [0.25, 0.3) is 0 Å². The number of hydrogen-bond donors (Lipinski definition) is 1. The van der Waals surface area contributed by atoms with Gasteiger partial charge in [0, 0.05) is 10.4 Å². The SMILES string of the molecule is CC(C)OC(=O)c1c(NC(=O)CN(C)C23CC4CC(CC(C4)C2)C3)sc2c1CCCC2. The second kappa shape index (κ2) is 8.18. The molecule has 170 valence electrons. The van der Waals surface area contributed by atoms with Gasteiger partial charge in [-0.2, -0.15) is 0 Å². The summed E-state index contributed by atoms with van der Waals surface area (Å²) in [5.74, 6) is 2.28. The smallest absolute Gasteiger partial charge is 0.341 e. The van der Waals surface area contributed by atoms with Crippen LogP contribution in [0.3, 0.4) is 0 Å². The fourth-order valence-corrected chi connectivity index (χ4v) is 8.52. The molecule has 5 nitrogen and oxygen atoms in total. The van der Waals surface area contributed by atoms with E-state index in [-0.39, 0.29) is 23.5 Å². The second-order valence-corrected chi connectivity index (χ2v) is 12.0. The van der Waals surface area contributed by atoms with Crippen molar-refractivity contribution in [2.45, 2.75) is 89.7 Å². The number of nitrogens with zero attached hydrogens (tertiary/aromatic N) is 1. The van der Waals surface area contributed by atoms with E-state index in [1.165, 1.54) is 43.4 Å². The molecule has 0 spiro atoms. The summed E-state index contributed by atoms with van der Waals surface area (Å²) in [6.45, 7) is 4.14. The number of amides is 1. The van der Waals surface area contributed by atoms with Gasteiger partial charge >= 0.3 is 5.97 Å². The fourth-order valence-electron chi connectivity index (χ4n) is 7.22. The number of carbonyl (C=O) groups excluding carboxylic acids is 2. The molecule has 5 aliphatic rings. The molecule has 1 amide bonds. The van der Waals surface area contributed by atoms with E-state index in [4.69, 9.17) is 4.74 Å². The van der Waals surface area contributed by atoms with Crippen molar-refractivity contribution >= 4 is 28.2 Å². The van der Waals surface area contributed by atoms with Crippen molar-refractivity contribution in [1.82, 2.24) is 4.90 Å². The Hall–Kier alpha value is -1.40. The molecule has 0 radical (unpaired) electrons. The highest BCUT2D eigenvalue weighted by Crippen LogP contribution is 2.57. The van der Waals surface area contributed by atoms with Crippen LogP contribution in [0.1, 0.15) is 86.0 Å². The lowest BCUT2D eigenvalue weighted by atomic mass is 9.52. The van der Waals surface area contributed by atoms with Crippen LogP contribution in [0, 0.1) is 17.8 Å². The Bertz CT molecular complexity index is 839. The Balaban J connectivity index is 1.31. The van der Waals surface area contributed by atoms with Gasteiger partial charge in [-0.25, -0.2) is 4.79 Å². The van der Waals surface area contributed by atoms with Crippen molar-refractivity contribution in [3.63, 3.8) is 0 Å². The number of carbonyl (C=O) groups is 2. The van der Waals surface area contributed by atoms with E-state index >= 15 is 0 Å². The molecule has 0 unspecified atom stereocenters. The Morgan fingerprint density at radius 1 is 1.10 bits per heavy atom. The van der Waals surface area contributed by atoms with Crippen LogP contribution in [0.2, 0.25) is 0 Å². The molecular weight excluding hydrogens is 408 g/mol. The first kappa shape index (κ1) is 21.4. The number of rotatable bonds is 6.